The minimum atomic E-state index is -0.483. The van der Waals surface area contributed by atoms with Gasteiger partial charge in [0.2, 0.25) is 5.78 Å². The Kier molecular flexibility index (Phi) is 4.20. The van der Waals surface area contributed by atoms with Crippen LogP contribution in [0.2, 0.25) is 0 Å². The molecule has 0 saturated heterocycles. The standard InChI is InChI=1S/C21H17N5O2.H2O/c1-13-8-10-15(11-9-13)26-16(14-6-4-3-5-7-14)12-25-17-18(22-20(25)26)24(2)21(28)23-19(17)27;/h3-12H,1-2H3,(H,23,27,28);1H2. The average molecular weight is 389 g/mol. The third-order valence-electron chi connectivity index (χ3n) is 4.99. The molecule has 0 unspecified atom stereocenters. The van der Waals surface area contributed by atoms with Crippen LogP contribution in [0.1, 0.15) is 5.56 Å². The first-order chi connectivity index (χ1) is 13.5. The summed E-state index contributed by atoms with van der Waals surface area (Å²) in [7, 11) is 1.60. The van der Waals surface area contributed by atoms with Gasteiger partial charge in [0, 0.05) is 24.5 Å². The van der Waals surface area contributed by atoms with E-state index in [1.54, 1.807) is 11.4 Å². The Bertz CT molecular complexity index is 1450. The first-order valence-electron chi connectivity index (χ1n) is 8.90. The SMILES string of the molecule is Cc1ccc(-n2c(-c3ccccc3)cn3c4c(=O)[nH]c(=O)n(C)c4nc23)cc1.O. The quantitative estimate of drug-likeness (QED) is 0.497. The van der Waals surface area contributed by atoms with Gasteiger partial charge in [-0.05, 0) is 19.1 Å². The Morgan fingerprint density at radius 1 is 0.966 bits per heavy atom. The monoisotopic (exact) mass is 389 g/mol. The maximum absolute atomic E-state index is 12.5. The molecule has 8 heteroatoms. The lowest BCUT2D eigenvalue weighted by Gasteiger charge is -2.09. The number of fused-ring (bicyclic) bond motifs is 3. The Morgan fingerprint density at radius 3 is 2.34 bits per heavy atom. The Labute approximate surface area is 164 Å². The Hall–Kier alpha value is -3.91. The lowest BCUT2D eigenvalue weighted by Crippen LogP contribution is -2.28. The van der Waals surface area contributed by atoms with Crippen molar-refractivity contribution in [3.8, 4) is 16.9 Å². The van der Waals surface area contributed by atoms with Crippen LogP contribution in [0, 0.1) is 6.92 Å². The molecule has 3 aromatic heterocycles. The number of aromatic amines is 1. The minimum absolute atomic E-state index is 0. The van der Waals surface area contributed by atoms with Gasteiger partial charge in [0.05, 0.1) is 5.69 Å². The van der Waals surface area contributed by atoms with E-state index in [2.05, 4.69) is 9.97 Å². The van der Waals surface area contributed by atoms with Gasteiger partial charge in [0.1, 0.15) is 0 Å². The second-order valence-corrected chi connectivity index (χ2v) is 6.82. The molecule has 0 spiro atoms. The molecule has 2 aromatic carbocycles. The van der Waals surface area contributed by atoms with Crippen molar-refractivity contribution in [2.75, 3.05) is 0 Å². The number of H-pyrrole nitrogens is 1. The Balaban J connectivity index is 0.00000205. The fourth-order valence-electron chi connectivity index (χ4n) is 3.52. The second kappa shape index (κ2) is 6.61. The second-order valence-electron chi connectivity index (χ2n) is 6.82. The van der Waals surface area contributed by atoms with Gasteiger partial charge in [-0.25, -0.2) is 4.79 Å². The zero-order valence-corrected chi connectivity index (χ0v) is 15.9. The van der Waals surface area contributed by atoms with Crippen molar-refractivity contribution < 1.29 is 5.48 Å². The van der Waals surface area contributed by atoms with E-state index < -0.39 is 11.2 Å². The predicted octanol–water partition coefficient (Wildman–Crippen LogP) is 1.82. The molecule has 0 aliphatic rings. The van der Waals surface area contributed by atoms with E-state index >= 15 is 0 Å². The number of aromatic nitrogens is 5. The summed E-state index contributed by atoms with van der Waals surface area (Å²) in [6.07, 6.45) is 1.89. The van der Waals surface area contributed by atoms with Gasteiger partial charge in [-0.1, -0.05) is 48.0 Å². The zero-order chi connectivity index (χ0) is 19.4. The number of nitrogens with one attached hydrogen (secondary N) is 1. The number of benzene rings is 2. The normalized spacial score (nSPS) is 11.1. The van der Waals surface area contributed by atoms with Gasteiger partial charge >= 0.3 is 5.69 Å². The smallest absolute Gasteiger partial charge is 0.329 e. The molecule has 3 heterocycles. The highest BCUT2D eigenvalue weighted by molar-refractivity contribution is 5.79. The van der Waals surface area contributed by atoms with Gasteiger partial charge < -0.3 is 5.48 Å². The van der Waals surface area contributed by atoms with E-state index in [1.807, 2.05) is 72.3 Å². The molecule has 0 aliphatic heterocycles. The molecule has 5 rings (SSSR count). The van der Waals surface area contributed by atoms with Crippen LogP contribution >= 0.6 is 0 Å². The summed E-state index contributed by atoms with van der Waals surface area (Å²) in [6.45, 7) is 2.03. The van der Waals surface area contributed by atoms with Gasteiger partial charge in [-0.2, -0.15) is 4.98 Å². The highest BCUT2D eigenvalue weighted by Crippen LogP contribution is 2.28. The summed E-state index contributed by atoms with van der Waals surface area (Å²) in [5.41, 5.74) is 3.75. The maximum Gasteiger partial charge on any atom is 0.329 e. The van der Waals surface area contributed by atoms with Gasteiger partial charge in [0.15, 0.2) is 11.2 Å². The molecule has 0 atom stereocenters. The molecular weight excluding hydrogens is 370 g/mol. The van der Waals surface area contributed by atoms with Gasteiger partial charge in [-0.3, -0.25) is 23.3 Å². The number of hydrogen-bond acceptors (Lipinski definition) is 3. The molecule has 5 aromatic rings. The van der Waals surface area contributed by atoms with Crippen LogP contribution in [-0.4, -0.2) is 29.0 Å². The largest absolute Gasteiger partial charge is 0.412 e. The molecule has 0 fully saturated rings. The number of nitrogens with zero attached hydrogens (tertiary/aromatic N) is 4. The van der Waals surface area contributed by atoms with Crippen molar-refractivity contribution in [2.24, 2.45) is 7.05 Å². The van der Waals surface area contributed by atoms with Crippen LogP contribution in [-0.2, 0) is 7.05 Å². The first kappa shape index (κ1) is 18.5. The molecule has 0 amide bonds. The summed E-state index contributed by atoms with van der Waals surface area (Å²) in [5, 5.41) is 0. The van der Waals surface area contributed by atoms with Crippen LogP contribution in [0.5, 0.6) is 0 Å². The van der Waals surface area contributed by atoms with E-state index in [9.17, 15) is 9.59 Å². The van der Waals surface area contributed by atoms with Crippen LogP contribution in [0.15, 0.2) is 70.4 Å². The zero-order valence-electron chi connectivity index (χ0n) is 15.9. The van der Waals surface area contributed by atoms with Crippen LogP contribution in [0.3, 0.4) is 0 Å². The Morgan fingerprint density at radius 2 is 1.66 bits per heavy atom. The van der Waals surface area contributed by atoms with Crippen molar-refractivity contribution in [1.29, 1.82) is 0 Å². The molecule has 0 bridgehead atoms. The highest BCUT2D eigenvalue weighted by Gasteiger charge is 2.20. The van der Waals surface area contributed by atoms with Crippen LogP contribution in [0.25, 0.3) is 33.9 Å². The van der Waals surface area contributed by atoms with Crippen molar-refractivity contribution in [2.45, 2.75) is 6.92 Å². The van der Waals surface area contributed by atoms with Crippen molar-refractivity contribution in [1.82, 2.24) is 23.5 Å². The molecule has 0 aliphatic carbocycles. The van der Waals surface area contributed by atoms with Gasteiger partial charge in [0.25, 0.3) is 5.56 Å². The molecule has 0 saturated carbocycles. The number of rotatable bonds is 2. The fraction of sp³-hybridized carbons (Fsp3) is 0.0952. The van der Waals surface area contributed by atoms with E-state index in [0.717, 1.165) is 22.5 Å². The summed E-state index contributed by atoms with van der Waals surface area (Å²) in [5.74, 6) is 0.574. The van der Waals surface area contributed by atoms with Crippen molar-refractivity contribution in [3.05, 3.63) is 87.2 Å². The number of aryl methyl sites for hydroxylation is 2. The lowest BCUT2D eigenvalue weighted by molar-refractivity contribution is 0.824. The fourth-order valence-corrected chi connectivity index (χ4v) is 3.52. The van der Waals surface area contributed by atoms with E-state index in [1.165, 1.54) is 4.57 Å². The summed E-state index contributed by atoms with van der Waals surface area (Å²) in [4.78, 5) is 31.5. The molecule has 8 nitrogen and oxygen atoms in total. The third-order valence-corrected chi connectivity index (χ3v) is 4.99. The summed E-state index contributed by atoms with van der Waals surface area (Å²) in [6, 6.07) is 18.0. The molecule has 3 N–H and O–H groups in total. The highest BCUT2D eigenvalue weighted by atomic mass is 16.2. The average Bonchev–Trinajstić information content (AvgIpc) is 3.24. The molecule has 0 radical (unpaired) electrons. The van der Waals surface area contributed by atoms with Gasteiger partial charge in [-0.15, -0.1) is 0 Å². The summed E-state index contributed by atoms with van der Waals surface area (Å²) < 4.78 is 5.10. The lowest BCUT2D eigenvalue weighted by atomic mass is 10.1. The molecular formula is C21H19N5O3. The van der Waals surface area contributed by atoms with Crippen molar-refractivity contribution in [3.63, 3.8) is 0 Å². The minimum Gasteiger partial charge on any atom is -0.412 e. The van der Waals surface area contributed by atoms with E-state index in [4.69, 9.17) is 0 Å². The summed E-state index contributed by atoms with van der Waals surface area (Å²) >= 11 is 0. The van der Waals surface area contributed by atoms with Crippen LogP contribution in [0.4, 0.5) is 0 Å². The van der Waals surface area contributed by atoms with E-state index in [0.29, 0.717) is 16.9 Å². The molecule has 29 heavy (non-hydrogen) atoms. The van der Waals surface area contributed by atoms with Crippen molar-refractivity contribution >= 4 is 16.9 Å². The number of hydrogen-bond donors (Lipinski definition) is 1. The molecule has 146 valence electrons. The number of imidazole rings is 2. The third kappa shape index (κ3) is 2.69. The maximum atomic E-state index is 12.5. The topological polar surface area (TPSA) is 109 Å². The van der Waals surface area contributed by atoms with Crippen LogP contribution < -0.4 is 11.2 Å². The van der Waals surface area contributed by atoms with E-state index in [-0.39, 0.29) is 5.48 Å². The first-order valence-corrected chi connectivity index (χ1v) is 8.90. The predicted molar refractivity (Wildman–Crippen MR) is 112 cm³/mol.